The normalized spacial score (nSPS) is 17.0. The summed E-state index contributed by atoms with van der Waals surface area (Å²) in [6.07, 6.45) is 4.96. The highest BCUT2D eigenvalue weighted by Crippen LogP contribution is 2.10. The number of unbranched alkanes of at least 4 members (excludes halogenated alkanes) is 3. The van der Waals surface area contributed by atoms with Crippen LogP contribution in [0.2, 0.25) is 0 Å². The molecule has 1 aromatic carbocycles. The molecule has 0 spiro atoms. The summed E-state index contributed by atoms with van der Waals surface area (Å²) < 4.78 is 0. The van der Waals surface area contributed by atoms with E-state index >= 15 is 0 Å². The van der Waals surface area contributed by atoms with Gasteiger partial charge in [0.2, 0.25) is 0 Å². The molecule has 0 aliphatic carbocycles. The minimum atomic E-state index is 0.554. The Labute approximate surface area is 153 Å². The van der Waals surface area contributed by atoms with Gasteiger partial charge in [0.05, 0.1) is 6.54 Å². The number of likely N-dealkylation sites (N-methyl/N-ethyl adjacent to an activating group) is 1. The Hall–Kier alpha value is -1.59. The van der Waals surface area contributed by atoms with E-state index in [0.717, 1.165) is 45.7 Å². The summed E-state index contributed by atoms with van der Waals surface area (Å²) in [6, 6.07) is 8.78. The number of aliphatic imine (C=N–C) groups is 1. The number of rotatable bonds is 9. The summed E-state index contributed by atoms with van der Waals surface area (Å²) in [4.78, 5) is 9.34. The van der Waals surface area contributed by atoms with E-state index in [4.69, 9.17) is 5.73 Å². The quantitative estimate of drug-likeness (QED) is 0.410. The molecule has 0 amide bonds. The van der Waals surface area contributed by atoms with Gasteiger partial charge in [-0.2, -0.15) is 0 Å². The topological polar surface area (TPSA) is 56.9 Å². The molecule has 0 aromatic heterocycles. The molecule has 5 heteroatoms. The molecule has 25 heavy (non-hydrogen) atoms. The third-order valence-corrected chi connectivity index (χ3v) is 4.79. The van der Waals surface area contributed by atoms with Crippen molar-refractivity contribution in [2.45, 2.75) is 45.7 Å². The summed E-state index contributed by atoms with van der Waals surface area (Å²) in [6.45, 7) is 9.46. The molecule has 1 aliphatic heterocycles. The van der Waals surface area contributed by atoms with Crippen LogP contribution in [0.5, 0.6) is 0 Å². The minimum Gasteiger partial charge on any atom is -0.370 e. The van der Waals surface area contributed by atoms with Crippen LogP contribution in [0.4, 0.5) is 0 Å². The van der Waals surface area contributed by atoms with Gasteiger partial charge in [0.1, 0.15) is 0 Å². The van der Waals surface area contributed by atoms with Crippen molar-refractivity contribution in [1.29, 1.82) is 0 Å². The predicted octanol–water partition coefficient (Wildman–Crippen LogP) is 2.42. The molecule has 0 bridgehead atoms. The molecule has 0 saturated carbocycles. The lowest BCUT2D eigenvalue weighted by Gasteiger charge is -2.32. The van der Waals surface area contributed by atoms with Crippen LogP contribution in [-0.2, 0) is 13.1 Å². The van der Waals surface area contributed by atoms with Gasteiger partial charge < -0.3 is 16.0 Å². The number of nitrogens with two attached hydrogens (primary N) is 1. The average molecular weight is 346 g/mol. The van der Waals surface area contributed by atoms with E-state index in [1.807, 2.05) is 0 Å². The van der Waals surface area contributed by atoms with Crippen molar-refractivity contribution in [2.24, 2.45) is 10.7 Å². The summed E-state index contributed by atoms with van der Waals surface area (Å²) in [5.41, 5.74) is 8.51. The summed E-state index contributed by atoms with van der Waals surface area (Å²) in [7, 11) is 2.19. The fourth-order valence-corrected chi connectivity index (χ4v) is 3.01. The molecular weight excluding hydrogens is 310 g/mol. The van der Waals surface area contributed by atoms with Crippen LogP contribution in [0.3, 0.4) is 0 Å². The van der Waals surface area contributed by atoms with E-state index in [-0.39, 0.29) is 0 Å². The number of piperazine rings is 1. The van der Waals surface area contributed by atoms with E-state index in [1.165, 1.54) is 30.4 Å². The first kappa shape index (κ1) is 19.7. The highest BCUT2D eigenvalue weighted by atomic mass is 15.2. The average Bonchev–Trinajstić information content (AvgIpc) is 2.63. The lowest BCUT2D eigenvalue weighted by atomic mass is 10.1. The Morgan fingerprint density at radius 2 is 1.72 bits per heavy atom. The van der Waals surface area contributed by atoms with E-state index in [9.17, 15) is 0 Å². The zero-order valence-electron chi connectivity index (χ0n) is 16.0. The van der Waals surface area contributed by atoms with Crippen LogP contribution in [0, 0.1) is 0 Å². The molecule has 1 aromatic rings. The van der Waals surface area contributed by atoms with Crippen molar-refractivity contribution in [3.05, 3.63) is 35.4 Å². The van der Waals surface area contributed by atoms with Gasteiger partial charge in [-0.05, 0) is 24.6 Å². The van der Waals surface area contributed by atoms with E-state index in [1.54, 1.807) is 0 Å². The maximum Gasteiger partial charge on any atom is 0.188 e. The molecule has 140 valence electrons. The smallest absolute Gasteiger partial charge is 0.188 e. The number of hydrogen-bond donors (Lipinski definition) is 2. The van der Waals surface area contributed by atoms with Crippen molar-refractivity contribution in [2.75, 3.05) is 39.8 Å². The van der Waals surface area contributed by atoms with E-state index in [0.29, 0.717) is 12.5 Å². The van der Waals surface area contributed by atoms with Crippen molar-refractivity contribution in [1.82, 2.24) is 15.1 Å². The number of benzene rings is 1. The van der Waals surface area contributed by atoms with Crippen molar-refractivity contribution >= 4 is 5.96 Å². The molecule has 1 saturated heterocycles. The monoisotopic (exact) mass is 345 g/mol. The molecule has 0 unspecified atom stereocenters. The first-order valence-electron chi connectivity index (χ1n) is 9.70. The van der Waals surface area contributed by atoms with Gasteiger partial charge in [0.25, 0.3) is 0 Å². The zero-order chi connectivity index (χ0) is 17.9. The second-order valence-electron chi connectivity index (χ2n) is 7.08. The highest BCUT2D eigenvalue weighted by molar-refractivity contribution is 5.77. The first-order valence-corrected chi connectivity index (χ1v) is 9.70. The summed E-state index contributed by atoms with van der Waals surface area (Å²) in [5.74, 6) is 0.554. The van der Waals surface area contributed by atoms with Crippen molar-refractivity contribution < 1.29 is 0 Å². The van der Waals surface area contributed by atoms with Crippen LogP contribution in [-0.4, -0.2) is 55.5 Å². The third-order valence-electron chi connectivity index (χ3n) is 4.79. The predicted molar refractivity (Wildman–Crippen MR) is 107 cm³/mol. The van der Waals surface area contributed by atoms with Crippen LogP contribution in [0.1, 0.15) is 43.7 Å². The molecule has 1 fully saturated rings. The summed E-state index contributed by atoms with van der Waals surface area (Å²) >= 11 is 0. The van der Waals surface area contributed by atoms with Gasteiger partial charge in [-0.1, -0.05) is 50.5 Å². The Balaban J connectivity index is 1.69. The number of guanidine groups is 1. The van der Waals surface area contributed by atoms with Gasteiger partial charge in [-0.3, -0.25) is 4.90 Å². The van der Waals surface area contributed by atoms with Crippen molar-refractivity contribution in [3.8, 4) is 0 Å². The SMILES string of the molecule is CCCCCCNC(N)=NCc1ccc(CN2CCN(C)CC2)cc1. The van der Waals surface area contributed by atoms with Gasteiger partial charge in [-0.25, -0.2) is 4.99 Å². The maximum absolute atomic E-state index is 5.93. The maximum atomic E-state index is 5.93. The van der Waals surface area contributed by atoms with Gasteiger partial charge in [0, 0.05) is 39.3 Å². The molecule has 1 heterocycles. The third kappa shape index (κ3) is 7.88. The van der Waals surface area contributed by atoms with Gasteiger partial charge >= 0.3 is 0 Å². The van der Waals surface area contributed by atoms with Crippen LogP contribution >= 0.6 is 0 Å². The molecule has 2 rings (SSSR count). The van der Waals surface area contributed by atoms with Gasteiger partial charge in [0.15, 0.2) is 5.96 Å². The molecular formula is C20H35N5. The largest absolute Gasteiger partial charge is 0.370 e. The van der Waals surface area contributed by atoms with Crippen molar-refractivity contribution in [3.63, 3.8) is 0 Å². The Bertz CT molecular complexity index is 503. The number of hydrogen-bond acceptors (Lipinski definition) is 3. The van der Waals surface area contributed by atoms with Crippen LogP contribution in [0.25, 0.3) is 0 Å². The second-order valence-corrected chi connectivity index (χ2v) is 7.08. The fourth-order valence-electron chi connectivity index (χ4n) is 3.01. The lowest BCUT2D eigenvalue weighted by Crippen LogP contribution is -2.43. The number of nitrogens with zero attached hydrogens (tertiary/aromatic N) is 3. The van der Waals surface area contributed by atoms with Crippen LogP contribution in [0.15, 0.2) is 29.3 Å². The second kappa shape index (κ2) is 11.1. The molecule has 5 nitrogen and oxygen atoms in total. The minimum absolute atomic E-state index is 0.554. The fraction of sp³-hybridized carbons (Fsp3) is 0.650. The van der Waals surface area contributed by atoms with Crippen LogP contribution < -0.4 is 11.1 Å². The lowest BCUT2D eigenvalue weighted by molar-refractivity contribution is 0.148. The number of nitrogens with one attached hydrogen (secondary N) is 1. The molecule has 0 atom stereocenters. The van der Waals surface area contributed by atoms with E-state index in [2.05, 4.69) is 58.3 Å². The Morgan fingerprint density at radius 1 is 1.04 bits per heavy atom. The molecule has 3 N–H and O–H groups in total. The van der Waals surface area contributed by atoms with Gasteiger partial charge in [-0.15, -0.1) is 0 Å². The molecule has 0 radical (unpaired) electrons. The van der Waals surface area contributed by atoms with E-state index < -0.39 is 0 Å². The zero-order valence-corrected chi connectivity index (χ0v) is 16.0. The Kier molecular flexibility index (Phi) is 8.77. The molecule has 1 aliphatic rings. The summed E-state index contributed by atoms with van der Waals surface area (Å²) in [5, 5.41) is 3.20. The first-order chi connectivity index (χ1) is 12.2. The standard InChI is InChI=1S/C20H35N5/c1-3-4-5-6-11-22-20(21)23-16-18-7-9-19(10-8-18)17-25-14-12-24(2)13-15-25/h7-10H,3-6,11-17H2,1-2H3,(H3,21,22,23). The Morgan fingerprint density at radius 3 is 2.40 bits per heavy atom. The highest BCUT2D eigenvalue weighted by Gasteiger charge is 2.13.